The second-order valence-electron chi connectivity index (χ2n) is 5.65. The van der Waals surface area contributed by atoms with Crippen LogP contribution in [0.3, 0.4) is 0 Å². The first-order chi connectivity index (χ1) is 10.5. The van der Waals surface area contributed by atoms with Gasteiger partial charge in [0, 0.05) is 6.20 Å². The summed E-state index contributed by atoms with van der Waals surface area (Å²) in [6, 6.07) is 0.615. The maximum absolute atomic E-state index is 13.7. The fraction of sp³-hybridized carbons (Fsp3) is 0.500. The predicted molar refractivity (Wildman–Crippen MR) is 85.1 cm³/mol. The molecule has 0 saturated carbocycles. The number of halogens is 2. The number of nitrogens with two attached hydrogens (primary N) is 1. The van der Waals surface area contributed by atoms with E-state index in [-0.39, 0.29) is 22.9 Å². The van der Waals surface area contributed by atoms with Crippen molar-refractivity contribution in [2.45, 2.75) is 38.6 Å². The van der Waals surface area contributed by atoms with Crippen LogP contribution in [0.1, 0.15) is 31.1 Å². The monoisotopic (exact) mass is 346 g/mol. The Balaban J connectivity index is 2.90. The van der Waals surface area contributed by atoms with Gasteiger partial charge in [0.2, 0.25) is 5.91 Å². The zero-order valence-corrected chi connectivity index (χ0v) is 13.8. The van der Waals surface area contributed by atoms with Crippen molar-refractivity contribution in [3.63, 3.8) is 0 Å². The molecule has 0 radical (unpaired) electrons. The Bertz CT molecular complexity index is 592. The van der Waals surface area contributed by atoms with E-state index in [9.17, 15) is 19.1 Å². The van der Waals surface area contributed by atoms with Gasteiger partial charge in [-0.3, -0.25) is 9.59 Å². The van der Waals surface area contributed by atoms with Crippen molar-refractivity contribution in [2.75, 3.05) is 11.9 Å². The first-order valence-corrected chi connectivity index (χ1v) is 7.26. The third-order valence-electron chi connectivity index (χ3n) is 3.12. The standard InChI is InChI=1S/C14H20ClFN4O3/c1-7(12(17)21)20-9-4-11(15)18-5-8(9)13(22)19-6-10(16)14(2,3)23/h4-5,7,10,23H,6H2,1-3H3,(H2,17,21)(H,18,20)(H,19,22). The van der Waals surface area contributed by atoms with E-state index in [0.29, 0.717) is 0 Å². The second kappa shape index (κ2) is 7.56. The smallest absolute Gasteiger partial charge is 0.255 e. The van der Waals surface area contributed by atoms with Crippen molar-refractivity contribution in [3.8, 4) is 0 Å². The van der Waals surface area contributed by atoms with Gasteiger partial charge in [-0.15, -0.1) is 0 Å². The summed E-state index contributed by atoms with van der Waals surface area (Å²) in [6.45, 7) is 3.74. The van der Waals surface area contributed by atoms with Crippen LogP contribution < -0.4 is 16.4 Å². The fourth-order valence-electron chi connectivity index (χ4n) is 1.56. The average molecular weight is 347 g/mol. The van der Waals surface area contributed by atoms with Crippen LogP contribution in [0, 0.1) is 0 Å². The molecule has 2 atom stereocenters. The lowest BCUT2D eigenvalue weighted by Gasteiger charge is -2.22. The number of pyridine rings is 1. The molecule has 0 aliphatic carbocycles. The summed E-state index contributed by atoms with van der Waals surface area (Å²) in [5, 5.41) is 14.7. The maximum atomic E-state index is 13.7. The Labute approximate surface area is 138 Å². The minimum absolute atomic E-state index is 0.0745. The second-order valence-corrected chi connectivity index (χ2v) is 6.04. The number of amides is 2. The van der Waals surface area contributed by atoms with Crippen molar-refractivity contribution >= 4 is 29.1 Å². The number of hydrogen-bond acceptors (Lipinski definition) is 5. The number of carbonyl (C=O) groups is 2. The molecule has 0 aliphatic rings. The van der Waals surface area contributed by atoms with Crippen LogP contribution >= 0.6 is 11.6 Å². The molecule has 7 nitrogen and oxygen atoms in total. The molecule has 1 heterocycles. The number of aromatic nitrogens is 1. The van der Waals surface area contributed by atoms with Gasteiger partial charge >= 0.3 is 0 Å². The zero-order valence-electron chi connectivity index (χ0n) is 13.1. The van der Waals surface area contributed by atoms with E-state index in [4.69, 9.17) is 17.3 Å². The molecule has 0 fully saturated rings. The predicted octanol–water partition coefficient (Wildman–Crippen LogP) is 0.859. The van der Waals surface area contributed by atoms with Crippen LogP contribution in [0.25, 0.3) is 0 Å². The third kappa shape index (κ3) is 5.65. The maximum Gasteiger partial charge on any atom is 0.255 e. The fourth-order valence-corrected chi connectivity index (χ4v) is 1.72. The number of carbonyl (C=O) groups excluding carboxylic acids is 2. The molecule has 1 aromatic heterocycles. The zero-order chi connectivity index (χ0) is 17.8. The highest BCUT2D eigenvalue weighted by Crippen LogP contribution is 2.20. The number of primary amides is 1. The lowest BCUT2D eigenvalue weighted by atomic mass is 10.0. The van der Waals surface area contributed by atoms with E-state index in [2.05, 4.69) is 15.6 Å². The van der Waals surface area contributed by atoms with Gasteiger partial charge < -0.3 is 21.5 Å². The number of anilines is 1. The number of rotatable bonds is 7. The largest absolute Gasteiger partial charge is 0.387 e. The van der Waals surface area contributed by atoms with Crippen LogP contribution in [0.15, 0.2) is 12.3 Å². The van der Waals surface area contributed by atoms with Gasteiger partial charge in [0.15, 0.2) is 0 Å². The minimum atomic E-state index is -1.65. The third-order valence-corrected chi connectivity index (χ3v) is 3.33. The molecule has 0 aromatic carbocycles. The van der Waals surface area contributed by atoms with E-state index in [1.54, 1.807) is 0 Å². The molecule has 128 valence electrons. The highest BCUT2D eigenvalue weighted by molar-refractivity contribution is 6.29. The van der Waals surface area contributed by atoms with E-state index in [0.717, 1.165) is 0 Å². The SMILES string of the molecule is CC(Nc1cc(Cl)ncc1C(=O)NCC(F)C(C)(C)O)C(N)=O. The number of nitrogens with one attached hydrogen (secondary N) is 2. The summed E-state index contributed by atoms with van der Waals surface area (Å²) in [4.78, 5) is 27.1. The van der Waals surface area contributed by atoms with Gasteiger partial charge in [0.25, 0.3) is 5.91 Å². The summed E-state index contributed by atoms with van der Waals surface area (Å²) in [7, 11) is 0. The normalized spacial score (nSPS) is 14.0. The quantitative estimate of drug-likeness (QED) is 0.546. The van der Waals surface area contributed by atoms with Gasteiger partial charge in [-0.05, 0) is 26.8 Å². The molecule has 9 heteroatoms. The highest BCUT2D eigenvalue weighted by atomic mass is 35.5. The summed E-state index contributed by atoms with van der Waals surface area (Å²) in [6.07, 6.45) is -0.446. The number of aliphatic hydroxyl groups is 1. The van der Waals surface area contributed by atoms with Crippen LogP contribution in [0.2, 0.25) is 5.15 Å². The van der Waals surface area contributed by atoms with E-state index in [1.807, 2.05) is 0 Å². The average Bonchev–Trinajstić information content (AvgIpc) is 2.43. The summed E-state index contributed by atoms with van der Waals surface area (Å²) >= 11 is 5.78. The van der Waals surface area contributed by atoms with Crippen LogP contribution in [-0.2, 0) is 4.79 Å². The summed E-state index contributed by atoms with van der Waals surface area (Å²) in [5.41, 5.74) is 3.91. The van der Waals surface area contributed by atoms with Crippen molar-refractivity contribution < 1.29 is 19.1 Å². The first kappa shape index (κ1) is 19.1. The first-order valence-electron chi connectivity index (χ1n) is 6.88. The Hall–Kier alpha value is -1.93. The minimum Gasteiger partial charge on any atom is -0.387 e. The van der Waals surface area contributed by atoms with Crippen molar-refractivity contribution in [1.29, 1.82) is 0 Å². The molecule has 0 aliphatic heterocycles. The van der Waals surface area contributed by atoms with Crippen LogP contribution in [-0.4, -0.2) is 46.3 Å². The number of nitrogens with zero attached hydrogens (tertiary/aromatic N) is 1. The van der Waals surface area contributed by atoms with Crippen LogP contribution in [0.4, 0.5) is 10.1 Å². The molecule has 2 amide bonds. The molecule has 0 spiro atoms. The Morgan fingerprint density at radius 3 is 2.65 bits per heavy atom. The van der Waals surface area contributed by atoms with Gasteiger partial charge in [-0.25, -0.2) is 9.37 Å². The summed E-state index contributed by atoms with van der Waals surface area (Å²) in [5.74, 6) is -1.24. The molecular formula is C14H20ClFN4O3. The number of alkyl halides is 1. The highest BCUT2D eigenvalue weighted by Gasteiger charge is 2.27. The number of hydrogen-bond donors (Lipinski definition) is 4. The lowest BCUT2D eigenvalue weighted by Crippen LogP contribution is -2.42. The van der Waals surface area contributed by atoms with Crippen molar-refractivity contribution in [3.05, 3.63) is 23.0 Å². The topological polar surface area (TPSA) is 117 Å². The van der Waals surface area contributed by atoms with Gasteiger partial charge in [-0.2, -0.15) is 0 Å². The van der Waals surface area contributed by atoms with Gasteiger partial charge in [0.1, 0.15) is 17.4 Å². The van der Waals surface area contributed by atoms with Gasteiger partial charge in [-0.1, -0.05) is 11.6 Å². The summed E-state index contributed by atoms with van der Waals surface area (Å²) < 4.78 is 13.7. The molecule has 1 rings (SSSR count). The van der Waals surface area contributed by atoms with E-state index in [1.165, 1.54) is 33.0 Å². The molecule has 23 heavy (non-hydrogen) atoms. The molecular weight excluding hydrogens is 327 g/mol. The van der Waals surface area contributed by atoms with Crippen molar-refractivity contribution in [1.82, 2.24) is 10.3 Å². The Kier molecular flexibility index (Phi) is 6.28. The molecule has 0 saturated heterocycles. The molecule has 2 unspecified atom stereocenters. The molecule has 1 aromatic rings. The van der Waals surface area contributed by atoms with E-state index < -0.39 is 29.6 Å². The van der Waals surface area contributed by atoms with Crippen molar-refractivity contribution in [2.24, 2.45) is 5.73 Å². The molecule has 0 bridgehead atoms. The Morgan fingerprint density at radius 1 is 1.52 bits per heavy atom. The van der Waals surface area contributed by atoms with Crippen LogP contribution in [0.5, 0.6) is 0 Å². The lowest BCUT2D eigenvalue weighted by molar-refractivity contribution is -0.118. The van der Waals surface area contributed by atoms with Gasteiger partial charge in [0.05, 0.1) is 23.4 Å². The Morgan fingerprint density at radius 2 is 2.13 bits per heavy atom. The molecule has 5 N–H and O–H groups in total. The van der Waals surface area contributed by atoms with E-state index >= 15 is 0 Å².